The van der Waals surface area contributed by atoms with Crippen molar-refractivity contribution in [2.45, 2.75) is 13.0 Å². The number of carbonyl (C=O) groups excluding carboxylic acids is 1. The predicted octanol–water partition coefficient (Wildman–Crippen LogP) is 1.54. The lowest BCUT2D eigenvalue weighted by Gasteiger charge is -2.26. The van der Waals surface area contributed by atoms with Crippen molar-refractivity contribution < 1.29 is 9.90 Å². The van der Waals surface area contributed by atoms with Crippen LogP contribution in [-0.2, 0) is 24.8 Å². The second-order valence-electron chi connectivity index (χ2n) is 5.84. The summed E-state index contributed by atoms with van der Waals surface area (Å²) in [6, 6.07) is 0. The van der Waals surface area contributed by atoms with Gasteiger partial charge in [0.15, 0.2) is 5.15 Å². The SMILES string of the molecule is Cn1ncc(-c2nc(Cl)c(Cl)c3[nH]c4c(c23)CN(C(=O)CO)CC4)n1. The van der Waals surface area contributed by atoms with Crippen molar-refractivity contribution in [2.75, 3.05) is 13.2 Å². The quantitative estimate of drug-likeness (QED) is 0.656. The van der Waals surface area contributed by atoms with Gasteiger partial charge >= 0.3 is 0 Å². The summed E-state index contributed by atoms with van der Waals surface area (Å²) in [5.41, 5.74) is 3.69. The van der Waals surface area contributed by atoms with Gasteiger partial charge in [-0.05, 0) is 0 Å². The molecule has 1 aliphatic heterocycles. The van der Waals surface area contributed by atoms with E-state index in [0.717, 1.165) is 16.6 Å². The van der Waals surface area contributed by atoms with Gasteiger partial charge < -0.3 is 15.0 Å². The Bertz CT molecular complexity index is 996. The number of hydrogen-bond acceptors (Lipinski definition) is 5. The van der Waals surface area contributed by atoms with Crippen molar-refractivity contribution >= 4 is 40.0 Å². The summed E-state index contributed by atoms with van der Waals surface area (Å²) in [6.45, 7) is 0.375. The molecule has 1 aliphatic rings. The summed E-state index contributed by atoms with van der Waals surface area (Å²) in [6.07, 6.45) is 2.23. The highest BCUT2D eigenvalue weighted by atomic mass is 35.5. The van der Waals surface area contributed by atoms with Crippen LogP contribution in [0.2, 0.25) is 10.2 Å². The number of aromatic amines is 1. The Labute approximate surface area is 152 Å². The summed E-state index contributed by atoms with van der Waals surface area (Å²) in [5, 5.41) is 18.8. The van der Waals surface area contributed by atoms with Gasteiger partial charge in [0.25, 0.3) is 0 Å². The molecule has 4 rings (SSSR count). The van der Waals surface area contributed by atoms with E-state index in [1.165, 1.54) is 4.80 Å². The molecule has 0 saturated carbocycles. The van der Waals surface area contributed by atoms with Crippen LogP contribution in [0.3, 0.4) is 0 Å². The normalized spacial score (nSPS) is 14.2. The fourth-order valence-corrected chi connectivity index (χ4v) is 3.54. The van der Waals surface area contributed by atoms with Gasteiger partial charge in [-0.25, -0.2) is 4.98 Å². The van der Waals surface area contributed by atoms with Crippen LogP contribution >= 0.6 is 23.2 Å². The third kappa shape index (κ3) is 2.57. The number of hydrogen-bond donors (Lipinski definition) is 2. The number of H-pyrrole nitrogens is 1. The van der Waals surface area contributed by atoms with E-state index in [4.69, 9.17) is 28.3 Å². The molecule has 10 heteroatoms. The lowest BCUT2D eigenvalue weighted by atomic mass is 10.0. The zero-order chi connectivity index (χ0) is 17.7. The standard InChI is InChI=1S/C15H14Cl2N6O2/c1-22-18-4-9(21-22)13-11-7-5-23(10(25)6-24)3-2-8(7)19-14(11)12(16)15(17)20-13/h4,19,24H,2-3,5-6H2,1H3. The molecule has 0 saturated heterocycles. The van der Waals surface area contributed by atoms with Gasteiger partial charge in [0.1, 0.15) is 23.0 Å². The predicted molar refractivity (Wildman–Crippen MR) is 92.3 cm³/mol. The number of fused-ring (bicyclic) bond motifs is 3. The highest BCUT2D eigenvalue weighted by Crippen LogP contribution is 2.39. The zero-order valence-electron chi connectivity index (χ0n) is 13.3. The maximum Gasteiger partial charge on any atom is 0.248 e. The molecule has 0 aliphatic carbocycles. The van der Waals surface area contributed by atoms with Crippen molar-refractivity contribution in [1.82, 2.24) is 29.9 Å². The van der Waals surface area contributed by atoms with Gasteiger partial charge in [-0.2, -0.15) is 15.0 Å². The minimum absolute atomic E-state index is 0.178. The van der Waals surface area contributed by atoms with Gasteiger partial charge in [-0.1, -0.05) is 23.2 Å². The number of amides is 1. The summed E-state index contributed by atoms with van der Waals surface area (Å²) >= 11 is 12.5. The van der Waals surface area contributed by atoms with Crippen LogP contribution in [0.5, 0.6) is 0 Å². The average Bonchev–Trinajstić information content (AvgIpc) is 3.20. The van der Waals surface area contributed by atoms with Crippen LogP contribution in [0, 0.1) is 0 Å². The van der Waals surface area contributed by atoms with Crippen molar-refractivity contribution in [3.05, 3.63) is 27.6 Å². The average molecular weight is 381 g/mol. The first-order valence-corrected chi connectivity index (χ1v) is 8.39. The lowest BCUT2D eigenvalue weighted by molar-refractivity contribution is -0.135. The van der Waals surface area contributed by atoms with Crippen molar-refractivity contribution in [3.63, 3.8) is 0 Å². The molecule has 0 bridgehead atoms. The molecule has 130 valence electrons. The zero-order valence-corrected chi connectivity index (χ0v) is 14.8. The van der Waals surface area contributed by atoms with Crippen LogP contribution in [-0.4, -0.2) is 54.0 Å². The molecule has 3 aromatic heterocycles. The summed E-state index contributed by atoms with van der Waals surface area (Å²) in [4.78, 5) is 22.6. The maximum atomic E-state index is 11.9. The largest absolute Gasteiger partial charge is 0.387 e. The van der Waals surface area contributed by atoms with E-state index in [9.17, 15) is 4.79 Å². The number of nitrogens with zero attached hydrogens (tertiary/aromatic N) is 5. The molecule has 3 aromatic rings. The molecule has 8 nitrogen and oxygen atoms in total. The molecule has 0 aromatic carbocycles. The molecular weight excluding hydrogens is 367 g/mol. The van der Waals surface area contributed by atoms with Crippen LogP contribution in [0.15, 0.2) is 6.20 Å². The highest BCUT2D eigenvalue weighted by Gasteiger charge is 2.28. The third-order valence-electron chi connectivity index (χ3n) is 4.35. The van der Waals surface area contributed by atoms with E-state index < -0.39 is 6.61 Å². The first-order valence-electron chi connectivity index (χ1n) is 7.63. The second-order valence-corrected chi connectivity index (χ2v) is 6.58. The number of aromatic nitrogens is 5. The van der Waals surface area contributed by atoms with Crippen molar-refractivity contribution in [2.24, 2.45) is 7.05 Å². The Morgan fingerprint density at radius 1 is 1.44 bits per heavy atom. The van der Waals surface area contributed by atoms with Crippen molar-refractivity contribution in [3.8, 4) is 11.4 Å². The van der Waals surface area contributed by atoms with E-state index in [2.05, 4.69) is 20.2 Å². The Morgan fingerprint density at radius 2 is 2.24 bits per heavy atom. The Hall–Kier alpha value is -2.16. The van der Waals surface area contributed by atoms with E-state index in [1.54, 1.807) is 18.1 Å². The topological polar surface area (TPSA) is 99.9 Å². The first-order chi connectivity index (χ1) is 12.0. The van der Waals surface area contributed by atoms with E-state index in [0.29, 0.717) is 41.4 Å². The number of nitrogens with one attached hydrogen (secondary N) is 1. The smallest absolute Gasteiger partial charge is 0.248 e. The van der Waals surface area contributed by atoms with E-state index >= 15 is 0 Å². The molecule has 2 N–H and O–H groups in total. The lowest BCUT2D eigenvalue weighted by Crippen LogP contribution is -2.37. The van der Waals surface area contributed by atoms with Crippen molar-refractivity contribution in [1.29, 1.82) is 0 Å². The number of aryl methyl sites for hydroxylation is 1. The molecule has 0 atom stereocenters. The van der Waals surface area contributed by atoms with Gasteiger partial charge in [0.05, 0.1) is 11.7 Å². The molecule has 0 unspecified atom stereocenters. The first kappa shape index (κ1) is 16.3. The number of pyridine rings is 1. The highest BCUT2D eigenvalue weighted by molar-refractivity contribution is 6.44. The van der Waals surface area contributed by atoms with Gasteiger partial charge in [-0.15, -0.1) is 0 Å². The van der Waals surface area contributed by atoms with E-state index in [-0.39, 0.29) is 11.1 Å². The molecule has 0 fully saturated rings. The van der Waals surface area contributed by atoms with Crippen LogP contribution < -0.4 is 0 Å². The number of aliphatic hydroxyl groups is 1. The molecule has 0 radical (unpaired) electrons. The van der Waals surface area contributed by atoms with Crippen LogP contribution in [0.1, 0.15) is 11.3 Å². The fourth-order valence-electron chi connectivity index (χ4n) is 3.18. The molecular formula is C15H14Cl2N6O2. The van der Waals surface area contributed by atoms with Crippen LogP contribution in [0.25, 0.3) is 22.3 Å². The molecule has 1 amide bonds. The monoisotopic (exact) mass is 380 g/mol. The number of halogens is 2. The Balaban J connectivity index is 1.96. The molecule has 25 heavy (non-hydrogen) atoms. The second kappa shape index (κ2) is 5.98. The maximum absolute atomic E-state index is 11.9. The van der Waals surface area contributed by atoms with E-state index in [1.807, 2.05) is 0 Å². The number of carbonyl (C=O) groups is 1. The Morgan fingerprint density at radius 3 is 2.92 bits per heavy atom. The molecule has 0 spiro atoms. The summed E-state index contributed by atoms with van der Waals surface area (Å²) in [5.74, 6) is -0.311. The fraction of sp³-hybridized carbons (Fsp3) is 0.333. The molecule has 4 heterocycles. The summed E-state index contributed by atoms with van der Waals surface area (Å²) < 4.78 is 0. The minimum Gasteiger partial charge on any atom is -0.387 e. The third-order valence-corrected chi connectivity index (χ3v) is 5.09. The van der Waals surface area contributed by atoms with Gasteiger partial charge in [0, 0.05) is 43.2 Å². The summed E-state index contributed by atoms with van der Waals surface area (Å²) in [7, 11) is 1.71. The Kier molecular flexibility index (Phi) is 3.90. The van der Waals surface area contributed by atoms with Crippen LogP contribution in [0.4, 0.5) is 0 Å². The van der Waals surface area contributed by atoms with Gasteiger partial charge in [-0.3, -0.25) is 4.79 Å². The van der Waals surface area contributed by atoms with Gasteiger partial charge in [0.2, 0.25) is 5.91 Å². The number of rotatable bonds is 2. The number of aliphatic hydroxyl groups excluding tert-OH is 1. The minimum atomic E-state index is -0.514.